The Hall–Kier alpha value is -2.60. The van der Waals surface area contributed by atoms with Crippen LogP contribution < -0.4 is 19.6 Å². The molecule has 0 radical (unpaired) electrons. The van der Waals surface area contributed by atoms with E-state index in [1.807, 2.05) is 22.6 Å². The maximum Gasteiger partial charge on any atom is 0.434 e. The number of thiazole rings is 1. The van der Waals surface area contributed by atoms with Gasteiger partial charge in [-0.1, -0.05) is 56.9 Å². The number of allylic oxidation sites excluding steroid dienone is 1. The molecule has 2 heterocycles. The highest BCUT2D eigenvalue weighted by Gasteiger charge is 2.45. The molecule has 0 saturated carbocycles. The molecule has 0 fully saturated rings. The summed E-state index contributed by atoms with van der Waals surface area (Å²) in [7, 11) is 0. The SMILES string of the molecule is C#CCOc1c(I)cc(Br)cc1/C=c1\sc2n(c1=O)[C@H](c1ccc(Cl)cc1)C(C(=O)OCC)=C(C(F)(F)F)N=2. The molecular weight excluding hydrogens is 736 g/mol. The molecule has 2 aromatic carbocycles. The molecule has 202 valence electrons. The fourth-order valence-electron chi connectivity index (χ4n) is 3.90. The summed E-state index contributed by atoms with van der Waals surface area (Å²) in [6.45, 7) is 1.26. The zero-order chi connectivity index (χ0) is 28.5. The maximum absolute atomic E-state index is 14.2. The van der Waals surface area contributed by atoms with Gasteiger partial charge in [0.05, 0.1) is 26.3 Å². The molecule has 0 bridgehead atoms. The minimum atomic E-state index is -5.00. The van der Waals surface area contributed by atoms with Gasteiger partial charge in [0.1, 0.15) is 12.4 Å². The number of carbonyl (C=O) groups is 1. The van der Waals surface area contributed by atoms with Crippen molar-refractivity contribution in [2.75, 3.05) is 13.2 Å². The third kappa shape index (κ3) is 6.11. The van der Waals surface area contributed by atoms with Gasteiger partial charge in [-0.15, -0.1) is 6.42 Å². The molecule has 1 atom stereocenters. The third-order valence-corrected chi connectivity index (χ3v) is 7.90. The van der Waals surface area contributed by atoms with E-state index in [4.69, 9.17) is 27.5 Å². The normalized spacial score (nSPS) is 15.4. The fraction of sp³-hybridized carbons (Fsp3) is 0.192. The van der Waals surface area contributed by atoms with Gasteiger partial charge in [0, 0.05) is 15.1 Å². The molecule has 3 aromatic rings. The Balaban J connectivity index is 2.05. The van der Waals surface area contributed by atoms with E-state index in [0.29, 0.717) is 24.4 Å². The number of esters is 1. The van der Waals surface area contributed by atoms with Crippen molar-refractivity contribution in [3.63, 3.8) is 0 Å². The smallest absolute Gasteiger partial charge is 0.434 e. The van der Waals surface area contributed by atoms with Crippen LogP contribution in [0.5, 0.6) is 5.75 Å². The molecule has 1 aliphatic rings. The van der Waals surface area contributed by atoms with Crippen molar-refractivity contribution in [2.45, 2.75) is 19.1 Å². The van der Waals surface area contributed by atoms with E-state index < -0.39 is 35.0 Å². The largest absolute Gasteiger partial charge is 0.479 e. The number of benzene rings is 2. The zero-order valence-electron chi connectivity index (χ0n) is 19.8. The zero-order valence-corrected chi connectivity index (χ0v) is 25.1. The quantitative estimate of drug-likeness (QED) is 0.193. The van der Waals surface area contributed by atoms with Gasteiger partial charge in [-0.2, -0.15) is 13.2 Å². The van der Waals surface area contributed by atoms with Crippen molar-refractivity contribution in [1.82, 2.24) is 4.57 Å². The minimum absolute atomic E-state index is 0.0336. The van der Waals surface area contributed by atoms with Gasteiger partial charge in [0.2, 0.25) is 0 Å². The van der Waals surface area contributed by atoms with Crippen molar-refractivity contribution in [3.05, 3.63) is 91.5 Å². The lowest BCUT2D eigenvalue weighted by Gasteiger charge is -2.26. The van der Waals surface area contributed by atoms with Gasteiger partial charge in [0.25, 0.3) is 5.56 Å². The van der Waals surface area contributed by atoms with Crippen LogP contribution in [0, 0.1) is 15.9 Å². The Bertz CT molecular complexity index is 1710. The third-order valence-electron chi connectivity index (χ3n) is 5.40. The Kier molecular flexibility index (Phi) is 8.95. The number of alkyl halides is 3. The van der Waals surface area contributed by atoms with E-state index in [1.54, 1.807) is 12.1 Å². The fourth-order valence-corrected chi connectivity index (χ4v) is 6.72. The summed E-state index contributed by atoms with van der Waals surface area (Å²) in [6, 6.07) is 7.83. The molecule has 1 aromatic heterocycles. The number of terminal acetylenes is 1. The van der Waals surface area contributed by atoms with E-state index in [9.17, 15) is 22.8 Å². The predicted octanol–water partition coefficient (Wildman–Crippen LogP) is 5.37. The van der Waals surface area contributed by atoms with Crippen LogP contribution in [0.4, 0.5) is 13.2 Å². The van der Waals surface area contributed by atoms with E-state index in [2.05, 4.69) is 26.8 Å². The van der Waals surface area contributed by atoms with E-state index in [-0.39, 0.29) is 28.1 Å². The van der Waals surface area contributed by atoms with Crippen molar-refractivity contribution < 1.29 is 27.4 Å². The van der Waals surface area contributed by atoms with Crippen molar-refractivity contribution in [3.8, 4) is 18.1 Å². The number of halogens is 6. The molecule has 0 aliphatic carbocycles. The first-order chi connectivity index (χ1) is 18.5. The van der Waals surface area contributed by atoms with Crippen LogP contribution >= 0.6 is 61.5 Å². The lowest BCUT2D eigenvalue weighted by molar-refractivity contribution is -0.140. The number of rotatable bonds is 6. The molecule has 0 spiro atoms. The van der Waals surface area contributed by atoms with Crippen LogP contribution in [0.15, 0.2) is 61.9 Å². The van der Waals surface area contributed by atoms with Crippen LogP contribution in [-0.2, 0) is 9.53 Å². The Morgan fingerprint density at radius 2 is 2.03 bits per heavy atom. The molecule has 0 unspecified atom stereocenters. The predicted molar refractivity (Wildman–Crippen MR) is 153 cm³/mol. The maximum atomic E-state index is 14.2. The Morgan fingerprint density at radius 1 is 1.33 bits per heavy atom. The van der Waals surface area contributed by atoms with E-state index in [0.717, 1.165) is 15.9 Å². The molecule has 13 heteroatoms. The average Bonchev–Trinajstić information content (AvgIpc) is 3.17. The molecule has 4 rings (SSSR count). The standard InChI is InChI=1S/C26H16BrClF3IN2O4S/c1-3-9-38-21-14(10-15(27)12-17(21)32)11-18-23(35)34-20(13-5-7-16(28)8-6-13)19(24(36)37-4-2)22(26(29,30)31)33-25(34)39-18/h1,5-8,10-12,20H,4,9H2,2H3/b18-11-/t20-/m1/s1. The van der Waals surface area contributed by atoms with Crippen molar-refractivity contribution in [1.29, 1.82) is 0 Å². The topological polar surface area (TPSA) is 69.9 Å². The van der Waals surface area contributed by atoms with Crippen LogP contribution in [0.1, 0.15) is 24.1 Å². The van der Waals surface area contributed by atoms with Gasteiger partial charge >= 0.3 is 12.1 Å². The van der Waals surface area contributed by atoms with Crippen LogP contribution in [0.25, 0.3) is 6.08 Å². The van der Waals surface area contributed by atoms with Crippen LogP contribution in [0.2, 0.25) is 5.02 Å². The lowest BCUT2D eigenvalue weighted by Crippen LogP contribution is -2.41. The summed E-state index contributed by atoms with van der Waals surface area (Å²) in [5, 5.41) is 0.327. The molecular formula is C26H16BrClF3IN2O4S. The van der Waals surface area contributed by atoms with Gasteiger partial charge in [-0.3, -0.25) is 9.36 Å². The second kappa shape index (κ2) is 11.9. The van der Waals surface area contributed by atoms with Gasteiger partial charge < -0.3 is 9.47 Å². The average molecular weight is 752 g/mol. The number of ether oxygens (including phenoxy) is 2. The van der Waals surface area contributed by atoms with Crippen LogP contribution in [0.3, 0.4) is 0 Å². The highest BCUT2D eigenvalue weighted by Crippen LogP contribution is 2.38. The molecule has 39 heavy (non-hydrogen) atoms. The second-order valence-corrected chi connectivity index (χ2v) is 11.4. The summed E-state index contributed by atoms with van der Waals surface area (Å²) < 4.78 is 55.9. The number of nitrogens with zero attached hydrogens (tertiary/aromatic N) is 2. The first-order valence-corrected chi connectivity index (χ1v) is 14.1. The molecule has 0 saturated heterocycles. The van der Waals surface area contributed by atoms with Gasteiger partial charge in [0.15, 0.2) is 10.5 Å². The number of carbonyl (C=O) groups excluding carboxylic acids is 1. The highest BCUT2D eigenvalue weighted by atomic mass is 127. The summed E-state index contributed by atoms with van der Waals surface area (Å²) in [4.78, 5) is 30.2. The Labute approximate surface area is 251 Å². The lowest BCUT2D eigenvalue weighted by atomic mass is 9.95. The number of fused-ring (bicyclic) bond motifs is 1. The summed E-state index contributed by atoms with van der Waals surface area (Å²) in [5.41, 5.74) is -2.18. The van der Waals surface area contributed by atoms with Gasteiger partial charge in [-0.25, -0.2) is 9.79 Å². The molecule has 6 nitrogen and oxygen atoms in total. The molecule has 1 aliphatic heterocycles. The molecule has 0 amide bonds. The number of hydrogen-bond acceptors (Lipinski definition) is 6. The molecule has 0 N–H and O–H groups in total. The number of hydrogen-bond donors (Lipinski definition) is 0. The second-order valence-electron chi connectivity index (χ2n) is 7.91. The van der Waals surface area contributed by atoms with E-state index >= 15 is 0 Å². The van der Waals surface area contributed by atoms with Crippen molar-refractivity contribution >= 4 is 73.5 Å². The summed E-state index contributed by atoms with van der Waals surface area (Å²) in [5.74, 6) is 1.55. The highest BCUT2D eigenvalue weighted by molar-refractivity contribution is 14.1. The monoisotopic (exact) mass is 750 g/mol. The van der Waals surface area contributed by atoms with Gasteiger partial charge in [-0.05, 0) is 65.4 Å². The summed E-state index contributed by atoms with van der Waals surface area (Å²) >= 11 is 12.2. The Morgan fingerprint density at radius 3 is 2.64 bits per heavy atom. The first-order valence-electron chi connectivity index (χ1n) is 11.1. The minimum Gasteiger partial charge on any atom is -0.479 e. The number of aromatic nitrogens is 1. The summed E-state index contributed by atoms with van der Waals surface area (Å²) in [6.07, 6.45) is 1.82. The first kappa shape index (κ1) is 29.4. The van der Waals surface area contributed by atoms with E-state index in [1.165, 1.54) is 37.3 Å². The van der Waals surface area contributed by atoms with Crippen molar-refractivity contribution in [2.24, 2.45) is 4.99 Å². The van der Waals surface area contributed by atoms with Crippen LogP contribution in [-0.4, -0.2) is 29.9 Å².